The second-order valence-corrected chi connectivity index (χ2v) is 4.68. The fourth-order valence-electron chi connectivity index (χ4n) is 2.34. The number of aliphatic carboxylic acids is 1. The molecule has 1 heterocycles. The van der Waals surface area contributed by atoms with E-state index in [0.29, 0.717) is 6.42 Å². The van der Waals surface area contributed by atoms with Crippen LogP contribution in [0, 0.1) is 0 Å². The first-order valence-electron chi connectivity index (χ1n) is 6.34. The highest BCUT2D eigenvalue weighted by Gasteiger charge is 2.32. The van der Waals surface area contributed by atoms with Gasteiger partial charge in [0.1, 0.15) is 11.4 Å². The molecule has 0 unspecified atom stereocenters. The molecule has 0 aliphatic carbocycles. The number of benzene rings is 1. The van der Waals surface area contributed by atoms with Gasteiger partial charge in [0.15, 0.2) is 0 Å². The Hall–Kier alpha value is -1.77. The number of ether oxygens (including phenoxy) is 1. The Morgan fingerprint density at radius 1 is 1.33 bits per heavy atom. The monoisotopic (exact) mass is 246 g/mol. The largest absolute Gasteiger partial charge is 0.483 e. The molecular weight excluding hydrogens is 228 g/mol. The zero-order valence-electron chi connectivity index (χ0n) is 10.6. The van der Waals surface area contributed by atoms with Gasteiger partial charge in [0.05, 0.1) is 0 Å². The minimum absolute atomic E-state index is 0.131. The average molecular weight is 246 g/mol. The van der Waals surface area contributed by atoms with Crippen molar-refractivity contribution in [3.05, 3.63) is 35.9 Å². The molecule has 0 bridgehead atoms. The van der Waals surface area contributed by atoms with E-state index in [1.165, 1.54) is 0 Å². The molecule has 0 aromatic heterocycles. The van der Waals surface area contributed by atoms with Crippen LogP contribution in [0.2, 0.25) is 0 Å². The SMILES string of the molecule is CCC[C@]1(CCC(=O)O)C=Cc2ccccc2O1. The minimum Gasteiger partial charge on any atom is -0.483 e. The number of carboxylic acids is 1. The molecule has 0 saturated heterocycles. The van der Waals surface area contributed by atoms with E-state index in [4.69, 9.17) is 9.84 Å². The number of carboxylic acid groups (broad SMARTS) is 1. The Kier molecular flexibility index (Phi) is 3.70. The number of fused-ring (bicyclic) bond motifs is 1. The Labute approximate surface area is 107 Å². The van der Waals surface area contributed by atoms with Gasteiger partial charge in [-0.15, -0.1) is 0 Å². The summed E-state index contributed by atoms with van der Waals surface area (Å²) in [5, 5.41) is 8.84. The lowest BCUT2D eigenvalue weighted by atomic mass is 9.89. The van der Waals surface area contributed by atoms with E-state index in [-0.39, 0.29) is 6.42 Å². The molecule has 0 fully saturated rings. The van der Waals surface area contributed by atoms with E-state index < -0.39 is 11.6 Å². The van der Waals surface area contributed by atoms with Crippen molar-refractivity contribution in [1.82, 2.24) is 0 Å². The average Bonchev–Trinajstić information content (AvgIpc) is 2.37. The highest BCUT2D eigenvalue weighted by molar-refractivity contribution is 5.67. The number of rotatable bonds is 5. The van der Waals surface area contributed by atoms with Gasteiger partial charge in [-0.2, -0.15) is 0 Å². The van der Waals surface area contributed by atoms with Crippen LogP contribution in [0.1, 0.15) is 38.2 Å². The van der Waals surface area contributed by atoms with Crippen molar-refractivity contribution in [2.75, 3.05) is 0 Å². The summed E-state index contributed by atoms with van der Waals surface area (Å²) in [6, 6.07) is 7.84. The second kappa shape index (κ2) is 5.25. The highest BCUT2D eigenvalue weighted by atomic mass is 16.5. The predicted molar refractivity (Wildman–Crippen MR) is 70.6 cm³/mol. The van der Waals surface area contributed by atoms with Crippen LogP contribution in [0.3, 0.4) is 0 Å². The predicted octanol–water partition coefficient (Wildman–Crippen LogP) is 3.50. The smallest absolute Gasteiger partial charge is 0.303 e. The summed E-state index contributed by atoms with van der Waals surface area (Å²) in [5.41, 5.74) is 0.598. The van der Waals surface area contributed by atoms with Gasteiger partial charge in [-0.1, -0.05) is 37.6 Å². The Balaban J connectivity index is 2.21. The van der Waals surface area contributed by atoms with Gasteiger partial charge >= 0.3 is 5.97 Å². The molecular formula is C15H18O3. The lowest BCUT2D eigenvalue weighted by Gasteiger charge is -2.34. The molecule has 0 radical (unpaired) electrons. The molecule has 1 aliphatic rings. The van der Waals surface area contributed by atoms with Crippen molar-refractivity contribution in [2.24, 2.45) is 0 Å². The van der Waals surface area contributed by atoms with E-state index in [9.17, 15) is 4.79 Å². The van der Waals surface area contributed by atoms with Gasteiger partial charge in [-0.25, -0.2) is 0 Å². The zero-order chi connectivity index (χ0) is 13.0. The second-order valence-electron chi connectivity index (χ2n) is 4.68. The molecule has 1 atom stereocenters. The molecule has 3 heteroatoms. The summed E-state index contributed by atoms with van der Waals surface area (Å²) < 4.78 is 6.06. The van der Waals surface area contributed by atoms with Gasteiger partial charge in [0.25, 0.3) is 0 Å². The Morgan fingerprint density at radius 3 is 2.83 bits per heavy atom. The number of hydrogen-bond donors (Lipinski definition) is 1. The molecule has 1 aliphatic heterocycles. The third-order valence-corrected chi connectivity index (χ3v) is 3.23. The molecule has 1 aromatic rings. The maximum Gasteiger partial charge on any atom is 0.303 e. The third kappa shape index (κ3) is 2.73. The van der Waals surface area contributed by atoms with E-state index >= 15 is 0 Å². The quantitative estimate of drug-likeness (QED) is 0.865. The number of para-hydroxylation sites is 1. The molecule has 1 aromatic carbocycles. The van der Waals surface area contributed by atoms with Gasteiger partial charge < -0.3 is 9.84 Å². The van der Waals surface area contributed by atoms with Crippen LogP contribution in [0.15, 0.2) is 30.3 Å². The van der Waals surface area contributed by atoms with Crippen LogP contribution in [-0.2, 0) is 4.79 Å². The fraction of sp³-hybridized carbons (Fsp3) is 0.400. The number of hydrogen-bond acceptors (Lipinski definition) is 2. The molecule has 3 nitrogen and oxygen atoms in total. The summed E-state index contributed by atoms with van der Waals surface area (Å²) in [4.78, 5) is 10.8. The maximum absolute atomic E-state index is 10.8. The van der Waals surface area contributed by atoms with E-state index in [0.717, 1.165) is 24.2 Å². The molecule has 0 saturated carbocycles. The van der Waals surface area contributed by atoms with E-state index in [2.05, 4.69) is 6.92 Å². The van der Waals surface area contributed by atoms with Crippen LogP contribution in [0.4, 0.5) is 0 Å². The van der Waals surface area contributed by atoms with Crippen LogP contribution < -0.4 is 4.74 Å². The first kappa shape index (κ1) is 12.7. The standard InChI is InChI=1S/C15H18O3/c1-2-9-15(11-8-14(16)17)10-7-12-5-3-4-6-13(12)18-15/h3-7,10H,2,8-9,11H2,1H3,(H,16,17)/t15-/m1/s1. The van der Waals surface area contributed by atoms with Crippen molar-refractivity contribution in [3.8, 4) is 5.75 Å². The van der Waals surface area contributed by atoms with Gasteiger partial charge in [-0.05, 0) is 18.6 Å². The van der Waals surface area contributed by atoms with E-state index in [1.807, 2.05) is 36.4 Å². The Morgan fingerprint density at radius 2 is 2.11 bits per heavy atom. The lowest BCUT2D eigenvalue weighted by Crippen LogP contribution is -2.36. The van der Waals surface area contributed by atoms with Gasteiger partial charge in [-0.3, -0.25) is 4.79 Å². The van der Waals surface area contributed by atoms with Crippen LogP contribution in [0.5, 0.6) is 5.75 Å². The highest BCUT2D eigenvalue weighted by Crippen LogP contribution is 2.36. The molecule has 18 heavy (non-hydrogen) atoms. The van der Waals surface area contributed by atoms with Crippen molar-refractivity contribution in [2.45, 2.75) is 38.2 Å². The molecule has 2 rings (SSSR count). The first-order valence-corrected chi connectivity index (χ1v) is 6.34. The third-order valence-electron chi connectivity index (χ3n) is 3.23. The van der Waals surface area contributed by atoms with Gasteiger partial charge in [0.2, 0.25) is 0 Å². The van der Waals surface area contributed by atoms with Gasteiger partial charge in [0, 0.05) is 18.4 Å². The Bertz CT molecular complexity index is 465. The summed E-state index contributed by atoms with van der Waals surface area (Å²) >= 11 is 0. The molecule has 0 spiro atoms. The van der Waals surface area contributed by atoms with Crippen molar-refractivity contribution < 1.29 is 14.6 Å². The van der Waals surface area contributed by atoms with Crippen LogP contribution >= 0.6 is 0 Å². The van der Waals surface area contributed by atoms with Crippen LogP contribution in [0.25, 0.3) is 6.08 Å². The van der Waals surface area contributed by atoms with Crippen molar-refractivity contribution in [3.63, 3.8) is 0 Å². The summed E-state index contributed by atoms with van der Waals surface area (Å²) in [6.07, 6.45) is 6.50. The lowest BCUT2D eigenvalue weighted by molar-refractivity contribution is -0.138. The summed E-state index contributed by atoms with van der Waals surface area (Å²) in [6.45, 7) is 2.08. The molecule has 96 valence electrons. The van der Waals surface area contributed by atoms with E-state index in [1.54, 1.807) is 0 Å². The van der Waals surface area contributed by atoms with Crippen molar-refractivity contribution >= 4 is 12.0 Å². The fourth-order valence-corrected chi connectivity index (χ4v) is 2.34. The summed E-state index contributed by atoms with van der Waals surface area (Å²) in [7, 11) is 0. The first-order chi connectivity index (χ1) is 8.65. The topological polar surface area (TPSA) is 46.5 Å². The minimum atomic E-state index is -0.777. The zero-order valence-corrected chi connectivity index (χ0v) is 10.6. The molecule has 0 amide bonds. The number of carbonyl (C=O) groups is 1. The normalized spacial score (nSPS) is 21.2. The maximum atomic E-state index is 10.8. The summed E-state index contributed by atoms with van der Waals surface area (Å²) in [5.74, 6) is 0.0696. The van der Waals surface area contributed by atoms with Crippen LogP contribution in [-0.4, -0.2) is 16.7 Å². The van der Waals surface area contributed by atoms with Crippen molar-refractivity contribution in [1.29, 1.82) is 0 Å². The molecule has 1 N–H and O–H groups in total.